The van der Waals surface area contributed by atoms with Gasteiger partial charge in [0, 0.05) is 17.7 Å². The smallest absolute Gasteiger partial charge is 0.375 e. The number of nitrogens with one attached hydrogen (secondary N) is 1. The van der Waals surface area contributed by atoms with E-state index in [0.717, 1.165) is 18.2 Å². The maximum Gasteiger partial charge on any atom is 0.375 e. The number of carbonyl (C=O) groups excluding carboxylic acids is 4. The maximum atomic E-state index is 11.6. The predicted octanol–water partition coefficient (Wildman–Crippen LogP) is 1.32. The first-order valence-electron chi connectivity index (χ1n) is 6.98. The lowest BCUT2D eigenvalue weighted by Crippen LogP contribution is -2.33. The van der Waals surface area contributed by atoms with Crippen molar-refractivity contribution in [1.82, 2.24) is 5.32 Å². The Morgan fingerprint density at radius 3 is 2.29 bits per heavy atom. The summed E-state index contributed by atoms with van der Waals surface area (Å²) in [6, 6.07) is 0. The van der Waals surface area contributed by atoms with Crippen LogP contribution in [0.5, 0.6) is 0 Å². The number of amides is 1. The van der Waals surface area contributed by atoms with Gasteiger partial charge in [-0.2, -0.15) is 0 Å². The molecule has 2 atom stereocenters. The van der Waals surface area contributed by atoms with Crippen molar-refractivity contribution >= 4 is 34.5 Å². The molecular formula is C14H23NO5S. The van der Waals surface area contributed by atoms with E-state index in [-0.39, 0.29) is 23.7 Å². The van der Waals surface area contributed by atoms with Crippen molar-refractivity contribution < 1.29 is 23.9 Å². The highest BCUT2D eigenvalue weighted by Gasteiger charge is 2.21. The van der Waals surface area contributed by atoms with Gasteiger partial charge in [-0.3, -0.25) is 14.4 Å². The van der Waals surface area contributed by atoms with Gasteiger partial charge in [0.1, 0.15) is 0 Å². The molecule has 0 saturated carbocycles. The summed E-state index contributed by atoms with van der Waals surface area (Å²) in [5.74, 6) is -1.95. The molecule has 0 rings (SSSR count). The molecule has 1 amide bonds. The summed E-state index contributed by atoms with van der Waals surface area (Å²) in [6.45, 7) is 7.55. The van der Waals surface area contributed by atoms with Gasteiger partial charge in [-0.1, -0.05) is 32.5 Å². The fraction of sp³-hybridized carbons (Fsp3) is 0.714. The summed E-state index contributed by atoms with van der Waals surface area (Å²) in [5.41, 5.74) is 0. The van der Waals surface area contributed by atoms with Crippen molar-refractivity contribution in [3.05, 3.63) is 0 Å². The third-order valence-electron chi connectivity index (χ3n) is 2.76. The third-order valence-corrected chi connectivity index (χ3v) is 3.74. The van der Waals surface area contributed by atoms with E-state index in [2.05, 4.69) is 10.1 Å². The highest BCUT2D eigenvalue weighted by molar-refractivity contribution is 8.14. The summed E-state index contributed by atoms with van der Waals surface area (Å²) in [6.07, 6.45) is 0.271. The molecule has 1 N–H and O–H groups in total. The number of esters is 1. The molecule has 0 heterocycles. The Bertz CT molecular complexity index is 397. The van der Waals surface area contributed by atoms with Gasteiger partial charge in [-0.15, -0.1) is 0 Å². The summed E-state index contributed by atoms with van der Waals surface area (Å²) in [7, 11) is 0. The monoisotopic (exact) mass is 317 g/mol. The zero-order valence-corrected chi connectivity index (χ0v) is 13.7. The van der Waals surface area contributed by atoms with E-state index in [4.69, 9.17) is 0 Å². The zero-order valence-electron chi connectivity index (χ0n) is 12.9. The van der Waals surface area contributed by atoms with Crippen molar-refractivity contribution in [3.63, 3.8) is 0 Å². The zero-order chi connectivity index (χ0) is 16.4. The molecule has 0 aliphatic heterocycles. The van der Waals surface area contributed by atoms with Crippen LogP contribution in [0.4, 0.5) is 0 Å². The minimum atomic E-state index is -0.982. The summed E-state index contributed by atoms with van der Waals surface area (Å²) in [5, 5.41) is 2.18. The molecule has 7 heteroatoms. The van der Waals surface area contributed by atoms with Crippen LogP contribution in [0, 0.1) is 5.92 Å². The molecule has 0 saturated heterocycles. The minimum absolute atomic E-state index is 0.0556. The Hall–Kier alpha value is -1.37. The Labute approximate surface area is 129 Å². The second kappa shape index (κ2) is 10.4. The number of hydrogen-bond acceptors (Lipinski definition) is 6. The van der Waals surface area contributed by atoms with Crippen LogP contribution in [0.25, 0.3) is 0 Å². The molecule has 0 radical (unpaired) electrons. The Kier molecular flexibility index (Phi) is 9.69. The predicted molar refractivity (Wildman–Crippen MR) is 80.8 cm³/mol. The van der Waals surface area contributed by atoms with Crippen molar-refractivity contribution in [1.29, 1.82) is 0 Å². The molecule has 2 unspecified atom stereocenters. The molecule has 0 bridgehead atoms. The number of ketones is 1. The summed E-state index contributed by atoms with van der Waals surface area (Å²) in [4.78, 5) is 45.6. The maximum absolute atomic E-state index is 11.6. The standard InChI is InChI=1S/C14H23NO5S/c1-5-9(3)13(18)15-8-10(4)21-12(17)7-11(16)14(19)20-6-2/h9-10H,5-8H2,1-4H3,(H,15,18). The SMILES string of the molecule is CCOC(=O)C(=O)CC(=O)SC(C)CNC(=O)C(C)CC. The van der Waals surface area contributed by atoms with Crippen LogP contribution in [-0.4, -0.2) is 41.2 Å². The second-order valence-electron chi connectivity index (χ2n) is 4.68. The third kappa shape index (κ3) is 8.49. The average Bonchev–Trinajstić information content (AvgIpc) is 2.43. The van der Waals surface area contributed by atoms with Gasteiger partial charge in [-0.05, 0) is 13.3 Å². The Morgan fingerprint density at radius 1 is 1.14 bits per heavy atom. The first-order valence-corrected chi connectivity index (χ1v) is 7.86. The lowest BCUT2D eigenvalue weighted by atomic mass is 10.1. The van der Waals surface area contributed by atoms with E-state index in [1.165, 1.54) is 0 Å². The van der Waals surface area contributed by atoms with Gasteiger partial charge in [0.05, 0.1) is 13.0 Å². The van der Waals surface area contributed by atoms with E-state index in [9.17, 15) is 19.2 Å². The lowest BCUT2D eigenvalue weighted by molar-refractivity contribution is -0.154. The minimum Gasteiger partial charge on any atom is -0.460 e. The van der Waals surface area contributed by atoms with E-state index >= 15 is 0 Å². The molecule has 0 aliphatic rings. The Morgan fingerprint density at radius 2 is 1.76 bits per heavy atom. The number of hydrogen-bond donors (Lipinski definition) is 1. The quantitative estimate of drug-likeness (QED) is 0.392. The molecule has 0 aliphatic carbocycles. The highest BCUT2D eigenvalue weighted by Crippen LogP contribution is 2.14. The fourth-order valence-corrected chi connectivity index (χ4v) is 2.16. The van der Waals surface area contributed by atoms with E-state index < -0.39 is 23.3 Å². The van der Waals surface area contributed by atoms with Crippen LogP contribution in [0.3, 0.4) is 0 Å². The molecular weight excluding hydrogens is 294 g/mol. The van der Waals surface area contributed by atoms with Crippen molar-refractivity contribution in [2.75, 3.05) is 13.2 Å². The van der Waals surface area contributed by atoms with Crippen LogP contribution < -0.4 is 5.32 Å². The first kappa shape index (κ1) is 19.6. The number of rotatable bonds is 9. The van der Waals surface area contributed by atoms with Gasteiger partial charge in [0.15, 0.2) is 5.12 Å². The number of thioether (sulfide) groups is 1. The van der Waals surface area contributed by atoms with Crippen LogP contribution in [0.1, 0.15) is 40.5 Å². The van der Waals surface area contributed by atoms with Crippen molar-refractivity contribution in [2.24, 2.45) is 5.92 Å². The van der Waals surface area contributed by atoms with Crippen LogP contribution in [-0.2, 0) is 23.9 Å². The van der Waals surface area contributed by atoms with Gasteiger partial charge in [0.2, 0.25) is 11.7 Å². The molecule has 120 valence electrons. The number of carbonyl (C=O) groups is 4. The van der Waals surface area contributed by atoms with Crippen LogP contribution >= 0.6 is 11.8 Å². The summed E-state index contributed by atoms with van der Waals surface area (Å²) >= 11 is 0.942. The number of ether oxygens (including phenoxy) is 1. The number of Topliss-reactive ketones (excluding diaryl/α,β-unsaturated/α-hetero) is 1. The molecule has 0 aromatic rings. The van der Waals surface area contributed by atoms with Crippen LogP contribution in [0.2, 0.25) is 0 Å². The average molecular weight is 317 g/mol. The van der Waals surface area contributed by atoms with E-state index in [1.54, 1.807) is 13.8 Å². The fourth-order valence-electron chi connectivity index (χ4n) is 1.33. The largest absolute Gasteiger partial charge is 0.460 e. The van der Waals surface area contributed by atoms with Crippen LogP contribution in [0.15, 0.2) is 0 Å². The highest BCUT2D eigenvalue weighted by atomic mass is 32.2. The topological polar surface area (TPSA) is 89.5 Å². The first-order chi connectivity index (χ1) is 9.81. The van der Waals surface area contributed by atoms with Gasteiger partial charge >= 0.3 is 5.97 Å². The lowest BCUT2D eigenvalue weighted by Gasteiger charge is -2.13. The molecule has 6 nitrogen and oxygen atoms in total. The normalized spacial score (nSPS) is 13.1. The van der Waals surface area contributed by atoms with Crippen molar-refractivity contribution in [2.45, 2.75) is 45.8 Å². The van der Waals surface area contributed by atoms with E-state index in [0.29, 0.717) is 6.54 Å². The molecule has 0 aromatic carbocycles. The van der Waals surface area contributed by atoms with Gasteiger partial charge < -0.3 is 10.1 Å². The van der Waals surface area contributed by atoms with Gasteiger partial charge in [-0.25, -0.2) is 4.79 Å². The van der Waals surface area contributed by atoms with E-state index in [1.807, 2.05) is 13.8 Å². The summed E-state index contributed by atoms with van der Waals surface area (Å²) < 4.78 is 4.52. The van der Waals surface area contributed by atoms with Crippen molar-refractivity contribution in [3.8, 4) is 0 Å². The molecule has 0 aromatic heterocycles. The van der Waals surface area contributed by atoms with Gasteiger partial charge in [0.25, 0.3) is 0 Å². The molecule has 0 spiro atoms. The molecule has 0 fully saturated rings. The Balaban J connectivity index is 4.07. The second-order valence-corrected chi connectivity index (χ2v) is 6.17. The molecule has 21 heavy (non-hydrogen) atoms.